The molecule has 0 aliphatic carbocycles. The Hall–Kier alpha value is -1.03. The van der Waals surface area contributed by atoms with Gasteiger partial charge in [0.15, 0.2) is 0 Å². The summed E-state index contributed by atoms with van der Waals surface area (Å²) in [7, 11) is 0. The van der Waals surface area contributed by atoms with Gasteiger partial charge in [-0.05, 0) is 47.5 Å². The lowest BCUT2D eigenvalue weighted by molar-refractivity contribution is -0.142. The Bertz CT molecular complexity index is 366. The topological polar surface area (TPSA) is 38.3 Å². The zero-order valence-electron chi connectivity index (χ0n) is 9.55. The van der Waals surface area contributed by atoms with E-state index in [2.05, 4.69) is 21.2 Å². The second kappa shape index (κ2) is 6.53. The SMILES string of the molecule is CCOC(=O)CCNc1ccc(C)cc1Br. The van der Waals surface area contributed by atoms with Gasteiger partial charge in [0, 0.05) is 16.7 Å². The van der Waals surface area contributed by atoms with E-state index < -0.39 is 0 Å². The van der Waals surface area contributed by atoms with Crippen molar-refractivity contribution in [1.82, 2.24) is 0 Å². The van der Waals surface area contributed by atoms with Gasteiger partial charge in [0.1, 0.15) is 0 Å². The zero-order chi connectivity index (χ0) is 12.0. The predicted octanol–water partition coefficient (Wildman–Crippen LogP) is 3.12. The third-order valence-electron chi connectivity index (χ3n) is 2.07. The van der Waals surface area contributed by atoms with Gasteiger partial charge in [-0.1, -0.05) is 6.07 Å². The summed E-state index contributed by atoms with van der Waals surface area (Å²) in [4.78, 5) is 11.1. The first-order valence-electron chi connectivity index (χ1n) is 5.29. The number of ether oxygens (including phenoxy) is 1. The first-order chi connectivity index (χ1) is 7.63. The molecular formula is C12H16BrNO2. The molecule has 0 saturated carbocycles. The minimum atomic E-state index is -0.168. The molecule has 1 aromatic rings. The molecule has 0 bridgehead atoms. The third kappa shape index (κ3) is 4.23. The van der Waals surface area contributed by atoms with E-state index in [0.29, 0.717) is 19.6 Å². The second-order valence-electron chi connectivity index (χ2n) is 3.47. The fourth-order valence-electron chi connectivity index (χ4n) is 1.30. The van der Waals surface area contributed by atoms with E-state index in [0.717, 1.165) is 10.2 Å². The molecule has 0 atom stereocenters. The molecule has 4 heteroatoms. The highest BCUT2D eigenvalue weighted by molar-refractivity contribution is 9.10. The molecule has 0 radical (unpaired) electrons. The number of nitrogens with one attached hydrogen (secondary N) is 1. The highest BCUT2D eigenvalue weighted by Crippen LogP contribution is 2.23. The van der Waals surface area contributed by atoms with Crippen LogP contribution in [-0.4, -0.2) is 19.1 Å². The molecule has 3 nitrogen and oxygen atoms in total. The molecule has 1 aromatic carbocycles. The van der Waals surface area contributed by atoms with Crippen LogP contribution in [0.25, 0.3) is 0 Å². The van der Waals surface area contributed by atoms with E-state index in [4.69, 9.17) is 4.74 Å². The maximum Gasteiger partial charge on any atom is 0.307 e. The summed E-state index contributed by atoms with van der Waals surface area (Å²) in [6.07, 6.45) is 0.383. The molecule has 0 aliphatic heterocycles. The van der Waals surface area contributed by atoms with Crippen LogP contribution in [0.3, 0.4) is 0 Å². The van der Waals surface area contributed by atoms with Gasteiger partial charge in [-0.3, -0.25) is 4.79 Å². The Labute approximate surface area is 104 Å². The quantitative estimate of drug-likeness (QED) is 0.845. The molecule has 0 unspecified atom stereocenters. The van der Waals surface area contributed by atoms with Gasteiger partial charge in [0.25, 0.3) is 0 Å². The minimum absolute atomic E-state index is 0.168. The van der Waals surface area contributed by atoms with Crippen LogP contribution in [0.5, 0.6) is 0 Å². The van der Waals surface area contributed by atoms with E-state index in [1.54, 1.807) is 0 Å². The van der Waals surface area contributed by atoms with Gasteiger partial charge in [0.2, 0.25) is 0 Å². The predicted molar refractivity (Wildman–Crippen MR) is 68.6 cm³/mol. The van der Waals surface area contributed by atoms with E-state index in [1.165, 1.54) is 5.56 Å². The standard InChI is InChI=1S/C12H16BrNO2/c1-3-16-12(15)6-7-14-11-5-4-9(2)8-10(11)13/h4-5,8,14H,3,6-7H2,1-2H3. The van der Waals surface area contributed by atoms with Gasteiger partial charge in [-0.2, -0.15) is 0 Å². The van der Waals surface area contributed by atoms with Crippen molar-refractivity contribution in [3.63, 3.8) is 0 Å². The number of anilines is 1. The van der Waals surface area contributed by atoms with Crippen LogP contribution in [0, 0.1) is 6.92 Å². The van der Waals surface area contributed by atoms with Gasteiger partial charge in [-0.15, -0.1) is 0 Å². The highest BCUT2D eigenvalue weighted by Gasteiger charge is 2.02. The summed E-state index contributed by atoms with van der Waals surface area (Å²) in [5.74, 6) is -0.168. The van der Waals surface area contributed by atoms with E-state index in [-0.39, 0.29) is 5.97 Å². The summed E-state index contributed by atoms with van der Waals surface area (Å²) in [6.45, 7) is 4.86. The number of hydrogen-bond donors (Lipinski definition) is 1. The first-order valence-corrected chi connectivity index (χ1v) is 6.08. The highest BCUT2D eigenvalue weighted by atomic mass is 79.9. The largest absolute Gasteiger partial charge is 0.466 e. The number of carbonyl (C=O) groups is 1. The average molecular weight is 286 g/mol. The Morgan fingerprint density at radius 2 is 2.25 bits per heavy atom. The van der Waals surface area contributed by atoms with Crippen molar-refractivity contribution in [2.45, 2.75) is 20.3 Å². The van der Waals surface area contributed by atoms with E-state index >= 15 is 0 Å². The smallest absolute Gasteiger partial charge is 0.307 e. The summed E-state index contributed by atoms with van der Waals surface area (Å²) in [5.41, 5.74) is 2.19. The van der Waals surface area contributed by atoms with Crippen molar-refractivity contribution < 1.29 is 9.53 Å². The van der Waals surface area contributed by atoms with E-state index in [9.17, 15) is 4.79 Å². The Balaban J connectivity index is 2.40. The molecule has 0 amide bonds. The first kappa shape index (κ1) is 13.0. The van der Waals surface area contributed by atoms with Crippen LogP contribution >= 0.6 is 15.9 Å². The Morgan fingerprint density at radius 3 is 2.88 bits per heavy atom. The maximum absolute atomic E-state index is 11.1. The lowest BCUT2D eigenvalue weighted by atomic mass is 10.2. The van der Waals surface area contributed by atoms with E-state index in [1.807, 2.05) is 32.0 Å². The van der Waals surface area contributed by atoms with Crippen molar-refractivity contribution in [2.24, 2.45) is 0 Å². The molecular weight excluding hydrogens is 270 g/mol. The molecule has 1 rings (SSSR count). The summed E-state index contributed by atoms with van der Waals surface area (Å²) in [5, 5.41) is 3.18. The zero-order valence-corrected chi connectivity index (χ0v) is 11.1. The lowest BCUT2D eigenvalue weighted by Gasteiger charge is -2.08. The van der Waals surface area contributed by atoms with Crippen LogP contribution in [-0.2, 0) is 9.53 Å². The van der Waals surface area contributed by atoms with Crippen molar-refractivity contribution in [1.29, 1.82) is 0 Å². The molecule has 0 heterocycles. The molecule has 0 aliphatic rings. The molecule has 0 fully saturated rings. The Kier molecular flexibility index (Phi) is 5.32. The summed E-state index contributed by atoms with van der Waals surface area (Å²) >= 11 is 3.47. The number of aryl methyl sites for hydroxylation is 1. The van der Waals surface area contributed by atoms with Gasteiger partial charge < -0.3 is 10.1 Å². The van der Waals surface area contributed by atoms with Gasteiger partial charge in [0.05, 0.1) is 13.0 Å². The van der Waals surface area contributed by atoms with Crippen LogP contribution < -0.4 is 5.32 Å². The fourth-order valence-corrected chi connectivity index (χ4v) is 1.93. The van der Waals surface area contributed by atoms with Crippen LogP contribution in [0.4, 0.5) is 5.69 Å². The van der Waals surface area contributed by atoms with Crippen molar-refractivity contribution in [3.8, 4) is 0 Å². The average Bonchev–Trinajstić information content (AvgIpc) is 2.22. The lowest BCUT2D eigenvalue weighted by Crippen LogP contribution is -2.11. The number of esters is 1. The number of halogens is 1. The molecule has 0 spiro atoms. The minimum Gasteiger partial charge on any atom is -0.466 e. The number of carbonyl (C=O) groups excluding carboxylic acids is 1. The monoisotopic (exact) mass is 285 g/mol. The third-order valence-corrected chi connectivity index (χ3v) is 2.73. The van der Waals surface area contributed by atoms with Crippen molar-refractivity contribution in [3.05, 3.63) is 28.2 Å². The number of rotatable bonds is 5. The van der Waals surface area contributed by atoms with Gasteiger partial charge in [-0.25, -0.2) is 0 Å². The summed E-state index contributed by atoms with van der Waals surface area (Å²) < 4.78 is 5.85. The summed E-state index contributed by atoms with van der Waals surface area (Å²) in [6, 6.07) is 6.05. The Morgan fingerprint density at radius 1 is 1.50 bits per heavy atom. The number of hydrogen-bond acceptors (Lipinski definition) is 3. The normalized spacial score (nSPS) is 9.94. The molecule has 0 saturated heterocycles. The van der Waals surface area contributed by atoms with Crippen LogP contribution in [0.1, 0.15) is 18.9 Å². The molecule has 0 aromatic heterocycles. The van der Waals surface area contributed by atoms with Crippen LogP contribution in [0.2, 0.25) is 0 Å². The van der Waals surface area contributed by atoms with Gasteiger partial charge >= 0.3 is 5.97 Å². The number of benzene rings is 1. The molecule has 88 valence electrons. The second-order valence-corrected chi connectivity index (χ2v) is 4.32. The van der Waals surface area contributed by atoms with Crippen LogP contribution in [0.15, 0.2) is 22.7 Å². The molecule has 16 heavy (non-hydrogen) atoms. The maximum atomic E-state index is 11.1. The molecule has 1 N–H and O–H groups in total. The van der Waals surface area contributed by atoms with Crippen molar-refractivity contribution >= 4 is 27.6 Å². The van der Waals surface area contributed by atoms with Crippen molar-refractivity contribution in [2.75, 3.05) is 18.5 Å². The fraction of sp³-hybridized carbons (Fsp3) is 0.417.